The van der Waals surface area contributed by atoms with Crippen molar-refractivity contribution in [3.8, 4) is 0 Å². The van der Waals surface area contributed by atoms with E-state index in [1.54, 1.807) is 0 Å². The van der Waals surface area contributed by atoms with Gasteiger partial charge in [0.05, 0.1) is 0 Å². The molecule has 1 saturated heterocycles. The van der Waals surface area contributed by atoms with Crippen LogP contribution in [0.2, 0.25) is 0 Å². The van der Waals surface area contributed by atoms with Crippen LogP contribution >= 0.6 is 0 Å². The molecule has 1 aliphatic heterocycles. The first-order valence-electron chi connectivity index (χ1n) is 4.50. The van der Waals surface area contributed by atoms with E-state index < -0.39 is 0 Å². The Kier molecular flexibility index (Phi) is 3.56. The number of rotatable bonds is 4. The monoisotopic (exact) mass is 169 g/mol. The van der Waals surface area contributed by atoms with Gasteiger partial charge in [0, 0.05) is 24.8 Å². The molecule has 1 aliphatic rings. The van der Waals surface area contributed by atoms with Gasteiger partial charge in [-0.2, -0.15) is 0 Å². The van der Waals surface area contributed by atoms with Gasteiger partial charge in [0.15, 0.2) is 0 Å². The van der Waals surface area contributed by atoms with E-state index in [1.165, 1.54) is 13.0 Å². The topological polar surface area (TPSA) is 27.3 Å². The summed E-state index contributed by atoms with van der Waals surface area (Å²) in [5.74, 6) is 0. The van der Waals surface area contributed by atoms with E-state index >= 15 is 0 Å². The van der Waals surface area contributed by atoms with Crippen molar-refractivity contribution in [1.29, 1.82) is 0 Å². The van der Waals surface area contributed by atoms with Crippen LogP contribution in [-0.2, 0) is 0 Å². The summed E-state index contributed by atoms with van der Waals surface area (Å²) in [5, 5.41) is 6.49. The molecule has 1 rings (SSSR count). The SMILES string of the molecule is C=C(CNC)NC1CCN(C)C1. The maximum absolute atomic E-state index is 3.94. The second-order valence-electron chi connectivity index (χ2n) is 3.53. The summed E-state index contributed by atoms with van der Waals surface area (Å²) in [7, 11) is 4.09. The zero-order valence-electron chi connectivity index (χ0n) is 8.06. The molecule has 1 atom stereocenters. The van der Waals surface area contributed by atoms with Crippen LogP contribution in [0.4, 0.5) is 0 Å². The molecule has 0 amide bonds. The van der Waals surface area contributed by atoms with Crippen LogP contribution in [0.5, 0.6) is 0 Å². The average molecular weight is 169 g/mol. The highest BCUT2D eigenvalue weighted by Crippen LogP contribution is 2.06. The third kappa shape index (κ3) is 2.83. The van der Waals surface area contributed by atoms with Crippen LogP contribution in [0, 0.1) is 0 Å². The molecule has 1 heterocycles. The second-order valence-corrected chi connectivity index (χ2v) is 3.53. The molecular weight excluding hydrogens is 150 g/mol. The molecule has 0 bridgehead atoms. The summed E-state index contributed by atoms with van der Waals surface area (Å²) in [6, 6.07) is 0.607. The van der Waals surface area contributed by atoms with Gasteiger partial charge in [0.25, 0.3) is 0 Å². The van der Waals surface area contributed by atoms with Crippen molar-refractivity contribution >= 4 is 0 Å². The lowest BCUT2D eigenvalue weighted by Gasteiger charge is -2.15. The summed E-state index contributed by atoms with van der Waals surface area (Å²) in [5.41, 5.74) is 1.10. The summed E-state index contributed by atoms with van der Waals surface area (Å²) in [4.78, 5) is 2.34. The minimum absolute atomic E-state index is 0.607. The zero-order chi connectivity index (χ0) is 8.97. The van der Waals surface area contributed by atoms with Crippen molar-refractivity contribution in [3.63, 3.8) is 0 Å². The Morgan fingerprint density at radius 1 is 1.67 bits per heavy atom. The normalized spacial score (nSPS) is 24.3. The molecule has 0 aromatic carbocycles. The lowest BCUT2D eigenvalue weighted by atomic mass is 10.2. The van der Waals surface area contributed by atoms with Crippen LogP contribution < -0.4 is 10.6 Å². The predicted molar refractivity (Wildman–Crippen MR) is 52.1 cm³/mol. The largest absolute Gasteiger partial charge is 0.384 e. The Morgan fingerprint density at radius 3 is 2.92 bits per heavy atom. The molecule has 3 heteroatoms. The van der Waals surface area contributed by atoms with Crippen LogP contribution in [0.3, 0.4) is 0 Å². The molecule has 0 aromatic heterocycles. The van der Waals surface area contributed by atoms with Gasteiger partial charge in [-0.05, 0) is 27.1 Å². The Labute approximate surface area is 74.8 Å². The average Bonchev–Trinajstić information content (AvgIpc) is 2.36. The van der Waals surface area contributed by atoms with E-state index in [0.29, 0.717) is 6.04 Å². The van der Waals surface area contributed by atoms with Crippen molar-refractivity contribution < 1.29 is 0 Å². The molecule has 0 radical (unpaired) electrons. The van der Waals surface area contributed by atoms with E-state index in [-0.39, 0.29) is 0 Å². The Hall–Kier alpha value is -0.540. The van der Waals surface area contributed by atoms with Gasteiger partial charge in [0.1, 0.15) is 0 Å². The van der Waals surface area contributed by atoms with Crippen LogP contribution in [0.15, 0.2) is 12.3 Å². The third-order valence-electron chi connectivity index (χ3n) is 2.19. The molecule has 2 N–H and O–H groups in total. The highest BCUT2D eigenvalue weighted by Gasteiger charge is 2.18. The van der Waals surface area contributed by atoms with Crippen molar-refractivity contribution in [3.05, 3.63) is 12.3 Å². The smallest absolute Gasteiger partial charge is 0.0397 e. The number of hydrogen-bond donors (Lipinski definition) is 2. The van der Waals surface area contributed by atoms with Gasteiger partial charge in [-0.1, -0.05) is 6.58 Å². The summed E-state index contributed by atoms with van der Waals surface area (Å²) < 4.78 is 0. The molecule has 0 saturated carbocycles. The molecule has 70 valence electrons. The first-order valence-corrected chi connectivity index (χ1v) is 4.50. The van der Waals surface area contributed by atoms with Crippen molar-refractivity contribution in [2.24, 2.45) is 0 Å². The standard InChI is InChI=1S/C9H19N3/c1-8(6-10-2)11-9-4-5-12(3)7-9/h9-11H,1,4-7H2,2-3H3. The van der Waals surface area contributed by atoms with E-state index in [9.17, 15) is 0 Å². The minimum atomic E-state index is 0.607. The fourth-order valence-electron chi connectivity index (χ4n) is 1.61. The van der Waals surface area contributed by atoms with Gasteiger partial charge >= 0.3 is 0 Å². The highest BCUT2D eigenvalue weighted by atomic mass is 15.2. The molecule has 1 unspecified atom stereocenters. The fourth-order valence-corrected chi connectivity index (χ4v) is 1.61. The van der Waals surface area contributed by atoms with Gasteiger partial charge in [-0.25, -0.2) is 0 Å². The number of likely N-dealkylation sites (tertiary alicyclic amines) is 1. The zero-order valence-corrected chi connectivity index (χ0v) is 8.06. The van der Waals surface area contributed by atoms with E-state index in [2.05, 4.69) is 29.2 Å². The first kappa shape index (κ1) is 9.55. The minimum Gasteiger partial charge on any atom is -0.384 e. The van der Waals surface area contributed by atoms with Crippen LogP contribution in [0.25, 0.3) is 0 Å². The molecule has 0 aromatic rings. The lowest BCUT2D eigenvalue weighted by Crippen LogP contribution is -2.33. The molecule has 0 spiro atoms. The number of nitrogens with zero attached hydrogens (tertiary/aromatic N) is 1. The van der Waals surface area contributed by atoms with E-state index in [1.807, 2.05) is 7.05 Å². The Morgan fingerprint density at radius 2 is 2.42 bits per heavy atom. The van der Waals surface area contributed by atoms with Crippen LogP contribution in [-0.4, -0.2) is 44.7 Å². The Bertz CT molecular complexity index is 156. The third-order valence-corrected chi connectivity index (χ3v) is 2.19. The number of likely N-dealkylation sites (N-methyl/N-ethyl adjacent to an activating group) is 2. The summed E-state index contributed by atoms with van der Waals surface area (Å²) >= 11 is 0. The van der Waals surface area contributed by atoms with Gasteiger partial charge < -0.3 is 15.5 Å². The first-order chi connectivity index (χ1) is 5.72. The summed E-state index contributed by atoms with van der Waals surface area (Å²) in [6.45, 7) is 7.14. The molecule has 3 nitrogen and oxygen atoms in total. The molecular formula is C9H19N3. The summed E-state index contributed by atoms with van der Waals surface area (Å²) in [6.07, 6.45) is 1.24. The highest BCUT2D eigenvalue weighted by molar-refractivity contribution is 4.97. The van der Waals surface area contributed by atoms with Crippen LogP contribution in [0.1, 0.15) is 6.42 Å². The van der Waals surface area contributed by atoms with Crippen molar-refractivity contribution in [2.75, 3.05) is 33.7 Å². The molecule has 0 aliphatic carbocycles. The van der Waals surface area contributed by atoms with E-state index in [4.69, 9.17) is 0 Å². The maximum atomic E-state index is 3.94. The van der Waals surface area contributed by atoms with Crippen molar-refractivity contribution in [2.45, 2.75) is 12.5 Å². The fraction of sp³-hybridized carbons (Fsp3) is 0.778. The number of hydrogen-bond acceptors (Lipinski definition) is 3. The molecule has 12 heavy (non-hydrogen) atoms. The quantitative estimate of drug-likeness (QED) is 0.621. The molecule has 1 fully saturated rings. The predicted octanol–water partition coefficient (Wildman–Crippen LogP) is 0.0132. The van der Waals surface area contributed by atoms with Gasteiger partial charge in [0.2, 0.25) is 0 Å². The van der Waals surface area contributed by atoms with Gasteiger partial charge in [-0.15, -0.1) is 0 Å². The lowest BCUT2D eigenvalue weighted by molar-refractivity contribution is 0.403. The van der Waals surface area contributed by atoms with E-state index in [0.717, 1.165) is 18.8 Å². The second kappa shape index (κ2) is 4.48. The Balaban J connectivity index is 2.18. The number of nitrogens with one attached hydrogen (secondary N) is 2. The van der Waals surface area contributed by atoms with Gasteiger partial charge in [-0.3, -0.25) is 0 Å². The maximum Gasteiger partial charge on any atom is 0.0397 e. The van der Waals surface area contributed by atoms with Crippen molar-refractivity contribution in [1.82, 2.24) is 15.5 Å².